The highest BCUT2D eigenvalue weighted by atomic mass is 19.1. The minimum Gasteiger partial charge on any atom is -0.497 e. The SMILES string of the molecule is COc1ccc2c3c(n(C)c2c1)[C@H](CO)N(C(=O)Nc1ccccc1F)CC31CCN(C)CC1. The molecule has 0 saturated carbocycles. The number of likely N-dealkylation sites (tertiary alicyclic amines) is 1. The number of amides is 2. The number of halogens is 1. The molecule has 1 atom stereocenters. The summed E-state index contributed by atoms with van der Waals surface area (Å²) in [5.74, 6) is 0.275. The number of ether oxygens (including phenoxy) is 1. The zero-order valence-corrected chi connectivity index (χ0v) is 19.8. The fourth-order valence-electron chi connectivity index (χ4n) is 5.78. The first-order valence-electron chi connectivity index (χ1n) is 11.7. The summed E-state index contributed by atoms with van der Waals surface area (Å²) >= 11 is 0. The summed E-state index contributed by atoms with van der Waals surface area (Å²) in [5.41, 5.74) is 3.04. The third kappa shape index (κ3) is 3.52. The molecule has 3 aromatic rings. The van der Waals surface area contributed by atoms with E-state index >= 15 is 0 Å². The molecule has 2 aromatic carbocycles. The van der Waals surface area contributed by atoms with Crippen LogP contribution in [-0.2, 0) is 12.5 Å². The van der Waals surface area contributed by atoms with E-state index in [0.29, 0.717) is 6.54 Å². The molecule has 1 spiro atoms. The summed E-state index contributed by atoms with van der Waals surface area (Å²) in [5, 5.41) is 14.4. The first-order valence-corrected chi connectivity index (χ1v) is 11.7. The number of carbonyl (C=O) groups excluding carboxylic acids is 1. The molecular weight excluding hydrogens is 435 g/mol. The average Bonchev–Trinajstić information content (AvgIpc) is 3.15. The van der Waals surface area contributed by atoms with Crippen molar-refractivity contribution in [2.45, 2.75) is 24.3 Å². The molecule has 0 bridgehead atoms. The van der Waals surface area contributed by atoms with Crippen LogP contribution in [0.25, 0.3) is 10.9 Å². The van der Waals surface area contributed by atoms with Gasteiger partial charge in [-0.1, -0.05) is 12.1 Å². The molecule has 1 saturated heterocycles. The zero-order valence-electron chi connectivity index (χ0n) is 19.8. The van der Waals surface area contributed by atoms with Crippen molar-refractivity contribution in [3.8, 4) is 5.75 Å². The van der Waals surface area contributed by atoms with Gasteiger partial charge in [0.2, 0.25) is 0 Å². The Labute approximate surface area is 198 Å². The van der Waals surface area contributed by atoms with Gasteiger partial charge in [0.1, 0.15) is 11.6 Å². The maximum absolute atomic E-state index is 14.3. The van der Waals surface area contributed by atoms with Crippen LogP contribution in [0.5, 0.6) is 5.75 Å². The van der Waals surface area contributed by atoms with Gasteiger partial charge in [0, 0.05) is 36.2 Å². The lowest BCUT2D eigenvalue weighted by Gasteiger charge is -2.50. The van der Waals surface area contributed by atoms with Crippen LogP contribution in [0.15, 0.2) is 42.5 Å². The van der Waals surface area contributed by atoms with Crippen LogP contribution in [0.4, 0.5) is 14.9 Å². The van der Waals surface area contributed by atoms with E-state index in [1.807, 2.05) is 19.2 Å². The van der Waals surface area contributed by atoms with Crippen LogP contribution in [0.1, 0.15) is 30.1 Å². The van der Waals surface area contributed by atoms with Gasteiger partial charge >= 0.3 is 6.03 Å². The molecule has 180 valence electrons. The molecule has 8 heteroatoms. The van der Waals surface area contributed by atoms with Crippen LogP contribution in [0.3, 0.4) is 0 Å². The molecule has 34 heavy (non-hydrogen) atoms. The zero-order chi connectivity index (χ0) is 24.0. The second kappa shape index (κ2) is 8.60. The Balaban J connectivity index is 1.65. The van der Waals surface area contributed by atoms with Crippen LogP contribution >= 0.6 is 0 Å². The number of aromatic nitrogens is 1. The van der Waals surface area contributed by atoms with Crippen LogP contribution < -0.4 is 10.1 Å². The molecule has 7 nitrogen and oxygen atoms in total. The Morgan fingerprint density at radius 3 is 2.62 bits per heavy atom. The number of nitrogens with zero attached hydrogens (tertiary/aromatic N) is 3. The molecule has 1 aromatic heterocycles. The number of hydrogen-bond donors (Lipinski definition) is 2. The fraction of sp³-hybridized carbons (Fsp3) is 0.423. The van der Waals surface area contributed by atoms with Crippen molar-refractivity contribution in [3.63, 3.8) is 0 Å². The molecule has 2 amide bonds. The molecule has 5 rings (SSSR count). The Morgan fingerprint density at radius 2 is 1.94 bits per heavy atom. The van der Waals surface area contributed by atoms with Gasteiger partial charge in [-0.3, -0.25) is 0 Å². The van der Waals surface area contributed by atoms with E-state index in [4.69, 9.17) is 4.74 Å². The van der Waals surface area contributed by atoms with Gasteiger partial charge < -0.3 is 29.5 Å². The van der Waals surface area contributed by atoms with E-state index in [1.54, 1.807) is 30.2 Å². The van der Waals surface area contributed by atoms with Crippen LogP contribution in [-0.4, -0.2) is 65.9 Å². The Hall–Kier alpha value is -3.10. The maximum atomic E-state index is 14.3. The quantitative estimate of drug-likeness (QED) is 0.615. The van der Waals surface area contributed by atoms with Crippen molar-refractivity contribution < 1.29 is 19.0 Å². The van der Waals surface area contributed by atoms with E-state index in [-0.39, 0.29) is 17.7 Å². The van der Waals surface area contributed by atoms with E-state index < -0.39 is 17.9 Å². The molecule has 0 aliphatic carbocycles. The van der Waals surface area contributed by atoms with Crippen molar-refractivity contribution >= 4 is 22.6 Å². The number of rotatable bonds is 3. The minimum atomic E-state index is -0.546. The lowest BCUT2D eigenvalue weighted by molar-refractivity contribution is 0.0766. The van der Waals surface area contributed by atoms with Crippen molar-refractivity contribution in [2.24, 2.45) is 7.05 Å². The molecule has 1 fully saturated rings. The second-order valence-corrected chi connectivity index (χ2v) is 9.52. The highest BCUT2D eigenvalue weighted by Gasteiger charge is 2.49. The van der Waals surface area contributed by atoms with E-state index in [0.717, 1.165) is 48.3 Å². The fourth-order valence-corrected chi connectivity index (χ4v) is 5.78. The van der Waals surface area contributed by atoms with Gasteiger partial charge in [-0.2, -0.15) is 0 Å². The topological polar surface area (TPSA) is 70.0 Å². The molecule has 2 N–H and O–H groups in total. The summed E-state index contributed by atoms with van der Waals surface area (Å²) in [6.45, 7) is 2.07. The van der Waals surface area contributed by atoms with Crippen molar-refractivity contribution in [2.75, 3.05) is 45.7 Å². The monoisotopic (exact) mass is 466 g/mol. The van der Waals surface area contributed by atoms with E-state index in [9.17, 15) is 14.3 Å². The molecule has 2 aliphatic heterocycles. The predicted molar refractivity (Wildman–Crippen MR) is 130 cm³/mol. The number of benzene rings is 2. The number of anilines is 1. The van der Waals surface area contributed by atoms with E-state index in [1.165, 1.54) is 11.6 Å². The number of aliphatic hydroxyl groups is 1. The Morgan fingerprint density at radius 1 is 1.21 bits per heavy atom. The van der Waals surface area contributed by atoms with Crippen molar-refractivity contribution in [1.29, 1.82) is 0 Å². The highest BCUT2D eigenvalue weighted by Crippen LogP contribution is 2.50. The third-order valence-electron chi connectivity index (χ3n) is 7.64. The highest BCUT2D eigenvalue weighted by molar-refractivity contribution is 5.92. The first kappa shape index (κ1) is 22.7. The first-order chi connectivity index (χ1) is 16.4. The Kier molecular flexibility index (Phi) is 5.73. The number of para-hydroxylation sites is 1. The number of aliphatic hydroxyl groups excluding tert-OH is 1. The molecular formula is C26H31FN4O3. The summed E-state index contributed by atoms with van der Waals surface area (Å²) in [6, 6.07) is 11.3. The number of hydrogen-bond acceptors (Lipinski definition) is 4. The number of aryl methyl sites for hydroxylation is 1. The largest absolute Gasteiger partial charge is 0.497 e. The van der Waals surface area contributed by atoms with Crippen LogP contribution in [0.2, 0.25) is 0 Å². The standard InChI is InChI=1S/C26H31FN4O3/c1-29-12-10-26(11-13-29)16-31(25(33)28-20-7-5-4-6-19(20)27)22(15-32)24-23(26)18-9-8-17(34-3)14-21(18)30(24)2/h4-9,14,22,32H,10-13,15-16H2,1-3H3,(H,28,33)/t22-/m0/s1. The summed E-state index contributed by atoms with van der Waals surface area (Å²) in [7, 11) is 5.74. The number of piperidine rings is 1. The number of carbonyl (C=O) groups is 1. The molecule has 0 unspecified atom stereocenters. The minimum absolute atomic E-state index is 0.134. The number of urea groups is 1. The maximum Gasteiger partial charge on any atom is 0.322 e. The van der Waals surface area contributed by atoms with Gasteiger partial charge in [-0.25, -0.2) is 9.18 Å². The smallest absolute Gasteiger partial charge is 0.322 e. The molecule has 2 aliphatic rings. The second-order valence-electron chi connectivity index (χ2n) is 9.52. The van der Waals surface area contributed by atoms with Gasteiger partial charge in [0.15, 0.2) is 0 Å². The van der Waals surface area contributed by atoms with Crippen LogP contribution in [0, 0.1) is 5.82 Å². The number of fused-ring (bicyclic) bond motifs is 4. The third-order valence-corrected chi connectivity index (χ3v) is 7.64. The normalized spacial score (nSPS) is 19.9. The number of methoxy groups -OCH3 is 1. The summed E-state index contributed by atoms with van der Waals surface area (Å²) < 4.78 is 21.8. The molecule has 3 heterocycles. The van der Waals surface area contributed by atoms with Gasteiger partial charge in [0.25, 0.3) is 0 Å². The summed E-state index contributed by atoms with van der Waals surface area (Å²) in [6.07, 6.45) is 1.78. The lowest BCUT2D eigenvalue weighted by Crippen LogP contribution is -2.56. The average molecular weight is 467 g/mol. The van der Waals surface area contributed by atoms with Gasteiger partial charge in [-0.05, 0) is 62.8 Å². The van der Waals surface area contributed by atoms with Crippen molar-refractivity contribution in [1.82, 2.24) is 14.4 Å². The van der Waals surface area contributed by atoms with E-state index in [2.05, 4.69) is 27.9 Å². The Bertz CT molecular complexity index is 1230. The summed E-state index contributed by atoms with van der Waals surface area (Å²) in [4.78, 5) is 17.5. The van der Waals surface area contributed by atoms with Crippen molar-refractivity contribution in [3.05, 3.63) is 59.5 Å². The predicted octanol–water partition coefficient (Wildman–Crippen LogP) is 3.87. The lowest BCUT2D eigenvalue weighted by atomic mass is 9.68. The van der Waals surface area contributed by atoms with Gasteiger partial charge in [0.05, 0.1) is 31.0 Å². The number of nitrogens with one attached hydrogen (secondary N) is 1. The molecule has 0 radical (unpaired) electrons. The van der Waals surface area contributed by atoms with Gasteiger partial charge in [-0.15, -0.1) is 0 Å².